The van der Waals surface area contributed by atoms with E-state index in [-0.39, 0.29) is 36.7 Å². The molecule has 2 unspecified atom stereocenters. The van der Waals surface area contributed by atoms with E-state index in [4.69, 9.17) is 10.5 Å². The molecular formula is C15H26N2O4. The van der Waals surface area contributed by atoms with Crippen molar-refractivity contribution in [3.63, 3.8) is 0 Å². The van der Waals surface area contributed by atoms with Gasteiger partial charge < -0.3 is 15.8 Å². The van der Waals surface area contributed by atoms with Crippen molar-refractivity contribution < 1.29 is 19.1 Å². The molecule has 2 atom stereocenters. The number of nitrogens with two attached hydrogens (primary N) is 1. The van der Waals surface area contributed by atoms with Crippen LogP contribution in [0.2, 0.25) is 0 Å². The number of nitrogens with one attached hydrogen (secondary N) is 1. The number of rotatable bonds is 7. The fraction of sp³-hybridized carbons (Fsp3) is 0.800. The summed E-state index contributed by atoms with van der Waals surface area (Å²) in [5, 5.41) is 2.75. The number of carbonyl (C=O) groups excluding carboxylic acids is 3. The minimum Gasteiger partial charge on any atom is -0.369 e. The van der Waals surface area contributed by atoms with Gasteiger partial charge in [0.25, 0.3) is 0 Å². The molecule has 1 aliphatic heterocycles. The first-order valence-corrected chi connectivity index (χ1v) is 7.47. The summed E-state index contributed by atoms with van der Waals surface area (Å²) in [5.74, 6) is -0.758. The minimum atomic E-state index is -0.981. The van der Waals surface area contributed by atoms with Crippen LogP contribution < -0.4 is 11.1 Å². The smallest absolute Gasteiger partial charge is 0.223 e. The number of Topliss-reactive ketones (excluding diaryl/α,β-unsaturated/α-hetero) is 1. The molecular weight excluding hydrogens is 272 g/mol. The summed E-state index contributed by atoms with van der Waals surface area (Å²) in [5.41, 5.74) is 3.83. The first-order chi connectivity index (χ1) is 9.71. The van der Waals surface area contributed by atoms with Gasteiger partial charge in [-0.1, -0.05) is 13.8 Å². The van der Waals surface area contributed by atoms with Gasteiger partial charge in [-0.3, -0.25) is 14.4 Å². The van der Waals surface area contributed by atoms with E-state index < -0.39 is 11.0 Å². The van der Waals surface area contributed by atoms with Gasteiger partial charge in [-0.05, 0) is 33.1 Å². The number of hydrogen-bond donors (Lipinski definition) is 2. The Morgan fingerprint density at radius 2 is 2.00 bits per heavy atom. The van der Waals surface area contributed by atoms with Crippen molar-refractivity contribution in [2.24, 2.45) is 11.1 Å². The number of carbonyl (C=O) groups is 3. The van der Waals surface area contributed by atoms with E-state index in [1.54, 1.807) is 13.8 Å². The number of ether oxygens (including phenoxy) is 1. The molecule has 6 heteroatoms. The lowest BCUT2D eigenvalue weighted by Crippen LogP contribution is -2.55. The molecule has 0 aromatic rings. The molecule has 0 aromatic heterocycles. The number of primary amides is 1. The molecule has 0 saturated carbocycles. The lowest BCUT2D eigenvalue weighted by atomic mass is 9.77. The molecule has 1 rings (SSSR count). The number of amides is 2. The van der Waals surface area contributed by atoms with Gasteiger partial charge in [0, 0.05) is 11.8 Å². The van der Waals surface area contributed by atoms with Gasteiger partial charge in [-0.2, -0.15) is 0 Å². The van der Waals surface area contributed by atoms with E-state index in [0.29, 0.717) is 19.3 Å². The molecule has 6 nitrogen and oxygen atoms in total. The van der Waals surface area contributed by atoms with E-state index in [0.717, 1.165) is 0 Å². The van der Waals surface area contributed by atoms with Crippen molar-refractivity contribution in [2.45, 2.75) is 65.0 Å². The largest absolute Gasteiger partial charge is 0.369 e. The fourth-order valence-electron chi connectivity index (χ4n) is 2.70. The van der Waals surface area contributed by atoms with Gasteiger partial charge in [-0.15, -0.1) is 0 Å². The fourth-order valence-corrected chi connectivity index (χ4v) is 2.70. The van der Waals surface area contributed by atoms with Crippen molar-refractivity contribution in [1.82, 2.24) is 5.32 Å². The van der Waals surface area contributed by atoms with Crippen molar-refractivity contribution >= 4 is 17.6 Å². The zero-order valence-electron chi connectivity index (χ0n) is 13.3. The van der Waals surface area contributed by atoms with Crippen LogP contribution in [-0.2, 0) is 19.1 Å². The third-order valence-electron chi connectivity index (χ3n) is 4.96. The lowest BCUT2D eigenvalue weighted by Gasteiger charge is -2.30. The average Bonchev–Trinajstić information content (AvgIpc) is 2.68. The molecule has 0 bridgehead atoms. The van der Waals surface area contributed by atoms with Crippen LogP contribution >= 0.6 is 0 Å². The Morgan fingerprint density at radius 1 is 1.43 bits per heavy atom. The second-order valence-electron chi connectivity index (χ2n) is 5.98. The third kappa shape index (κ3) is 3.43. The van der Waals surface area contributed by atoms with E-state index in [1.807, 2.05) is 13.8 Å². The molecule has 21 heavy (non-hydrogen) atoms. The van der Waals surface area contributed by atoms with Gasteiger partial charge in [0.05, 0.1) is 6.10 Å². The SMILES string of the molecule is CCC(CC)(CCC(=O)NC1(C)C(=O)COC1C)C(N)=O. The summed E-state index contributed by atoms with van der Waals surface area (Å²) < 4.78 is 5.27. The molecule has 0 aliphatic carbocycles. The Hall–Kier alpha value is -1.43. The molecule has 0 aromatic carbocycles. The first kappa shape index (κ1) is 17.6. The second-order valence-corrected chi connectivity index (χ2v) is 5.98. The summed E-state index contributed by atoms with van der Waals surface area (Å²) in [6, 6.07) is 0. The molecule has 1 aliphatic rings. The maximum atomic E-state index is 12.1. The minimum absolute atomic E-state index is 0.0209. The Labute approximate surface area is 125 Å². The van der Waals surface area contributed by atoms with Crippen molar-refractivity contribution in [1.29, 1.82) is 0 Å². The first-order valence-electron chi connectivity index (χ1n) is 7.47. The van der Waals surface area contributed by atoms with Crippen molar-refractivity contribution in [2.75, 3.05) is 6.61 Å². The highest BCUT2D eigenvalue weighted by Crippen LogP contribution is 2.32. The average molecular weight is 298 g/mol. The predicted octanol–water partition coefficient (Wildman–Crippen LogP) is 0.921. The van der Waals surface area contributed by atoms with Gasteiger partial charge in [0.2, 0.25) is 11.8 Å². The topological polar surface area (TPSA) is 98.5 Å². The van der Waals surface area contributed by atoms with E-state index in [9.17, 15) is 14.4 Å². The van der Waals surface area contributed by atoms with E-state index in [1.165, 1.54) is 0 Å². The van der Waals surface area contributed by atoms with Crippen LogP contribution in [-0.4, -0.2) is 35.8 Å². The van der Waals surface area contributed by atoms with E-state index in [2.05, 4.69) is 5.32 Å². The van der Waals surface area contributed by atoms with Crippen LogP contribution in [0.5, 0.6) is 0 Å². The molecule has 2 amide bonds. The highest BCUT2D eigenvalue weighted by atomic mass is 16.5. The zero-order chi connectivity index (χ0) is 16.3. The molecule has 1 fully saturated rings. The maximum absolute atomic E-state index is 12.1. The van der Waals surface area contributed by atoms with Crippen LogP contribution in [0.4, 0.5) is 0 Å². The Kier molecular flexibility index (Phi) is 5.50. The summed E-state index contributed by atoms with van der Waals surface area (Å²) in [6.45, 7) is 7.24. The monoisotopic (exact) mass is 298 g/mol. The Bertz CT molecular complexity index is 431. The molecule has 120 valence electrons. The highest BCUT2D eigenvalue weighted by molar-refractivity contribution is 5.95. The molecule has 1 heterocycles. The normalized spacial score (nSPS) is 25.9. The van der Waals surface area contributed by atoms with Gasteiger partial charge in [-0.25, -0.2) is 0 Å². The zero-order valence-corrected chi connectivity index (χ0v) is 13.3. The third-order valence-corrected chi connectivity index (χ3v) is 4.96. The molecule has 0 radical (unpaired) electrons. The van der Waals surface area contributed by atoms with E-state index >= 15 is 0 Å². The summed E-state index contributed by atoms with van der Waals surface area (Å²) >= 11 is 0. The van der Waals surface area contributed by atoms with Crippen LogP contribution in [0.3, 0.4) is 0 Å². The van der Waals surface area contributed by atoms with Gasteiger partial charge in [0.1, 0.15) is 12.1 Å². The standard InChI is InChI=1S/C15H26N2O4/c1-5-15(6-2,13(16)20)8-7-12(19)17-14(4)10(3)21-9-11(14)18/h10H,5-9H2,1-4H3,(H2,16,20)(H,17,19). The lowest BCUT2D eigenvalue weighted by molar-refractivity contribution is -0.132. The van der Waals surface area contributed by atoms with Crippen LogP contribution in [0.15, 0.2) is 0 Å². The van der Waals surface area contributed by atoms with Crippen LogP contribution in [0.1, 0.15) is 53.4 Å². The second kappa shape index (κ2) is 6.56. The van der Waals surface area contributed by atoms with Gasteiger partial charge >= 0.3 is 0 Å². The number of hydrogen-bond acceptors (Lipinski definition) is 4. The summed E-state index contributed by atoms with van der Waals surface area (Å²) in [7, 11) is 0. The Balaban J connectivity index is 2.66. The van der Waals surface area contributed by atoms with Crippen molar-refractivity contribution in [3.05, 3.63) is 0 Å². The van der Waals surface area contributed by atoms with Crippen LogP contribution in [0, 0.1) is 5.41 Å². The quantitative estimate of drug-likeness (QED) is 0.730. The number of ketones is 1. The summed E-state index contributed by atoms with van der Waals surface area (Å²) in [6.07, 6.45) is 1.40. The Morgan fingerprint density at radius 3 is 2.38 bits per heavy atom. The van der Waals surface area contributed by atoms with Gasteiger partial charge in [0.15, 0.2) is 5.78 Å². The molecule has 1 saturated heterocycles. The predicted molar refractivity (Wildman–Crippen MR) is 78.4 cm³/mol. The summed E-state index contributed by atoms with van der Waals surface area (Å²) in [4.78, 5) is 35.6. The van der Waals surface area contributed by atoms with Crippen LogP contribution in [0.25, 0.3) is 0 Å². The van der Waals surface area contributed by atoms with Crippen molar-refractivity contribution in [3.8, 4) is 0 Å². The maximum Gasteiger partial charge on any atom is 0.223 e. The molecule has 0 spiro atoms. The highest BCUT2D eigenvalue weighted by Gasteiger charge is 2.46. The molecule has 3 N–H and O–H groups in total.